The van der Waals surface area contributed by atoms with Crippen molar-refractivity contribution in [3.8, 4) is 0 Å². The Morgan fingerprint density at radius 1 is 1.38 bits per heavy atom. The summed E-state index contributed by atoms with van der Waals surface area (Å²) in [4.78, 5) is 18.4. The Labute approximate surface area is 97.1 Å². The summed E-state index contributed by atoms with van der Waals surface area (Å²) in [5.41, 5.74) is 0. The number of piperidine rings is 1. The predicted molar refractivity (Wildman–Crippen MR) is 64.5 cm³/mol. The minimum absolute atomic E-state index is 0.105. The fourth-order valence-corrected chi connectivity index (χ4v) is 2.20. The molecule has 0 aromatic carbocycles. The van der Waals surface area contributed by atoms with E-state index in [1.807, 2.05) is 4.90 Å². The zero-order valence-corrected chi connectivity index (χ0v) is 10.0. The topological polar surface area (TPSA) is 44.7 Å². The molecular weight excluding hydrogens is 202 g/mol. The summed E-state index contributed by atoms with van der Waals surface area (Å²) < 4.78 is 0. The van der Waals surface area contributed by atoms with Crippen LogP contribution in [0.1, 0.15) is 32.6 Å². The predicted octanol–water partition coefficient (Wildman–Crippen LogP) is 1.03. The third-order valence-corrected chi connectivity index (χ3v) is 3.42. The highest BCUT2D eigenvalue weighted by Crippen LogP contribution is 2.16. The average molecular weight is 223 g/mol. The van der Waals surface area contributed by atoms with Crippen LogP contribution in [-0.2, 0) is 4.79 Å². The van der Waals surface area contributed by atoms with Gasteiger partial charge in [-0.25, -0.2) is 0 Å². The van der Waals surface area contributed by atoms with E-state index in [1.165, 1.54) is 0 Å². The van der Waals surface area contributed by atoms with Crippen LogP contribution in [0.3, 0.4) is 0 Å². The third-order valence-electron chi connectivity index (χ3n) is 3.42. The van der Waals surface area contributed by atoms with E-state index < -0.39 is 0 Å². The number of hydrogen-bond donors (Lipinski definition) is 1. The molecule has 2 heterocycles. The Bertz CT molecular complexity index is 280. The monoisotopic (exact) mass is 223 g/mol. The Morgan fingerprint density at radius 3 is 2.88 bits per heavy atom. The van der Waals surface area contributed by atoms with Gasteiger partial charge in [0, 0.05) is 26.2 Å². The standard InChI is InChI=1S/C12H21N3O/c1-10-4-8-15(9-5-10)12(16)11-13-6-2-3-7-14-11/h10H,2-9H2,1H3,(H,13,14). The summed E-state index contributed by atoms with van der Waals surface area (Å²) >= 11 is 0. The number of carbonyl (C=O) groups is 1. The molecule has 0 radical (unpaired) electrons. The molecule has 0 saturated carbocycles. The van der Waals surface area contributed by atoms with E-state index in [9.17, 15) is 4.79 Å². The van der Waals surface area contributed by atoms with Crippen molar-refractivity contribution in [1.29, 1.82) is 0 Å². The minimum Gasteiger partial charge on any atom is -0.366 e. The van der Waals surface area contributed by atoms with Gasteiger partial charge in [0.15, 0.2) is 5.84 Å². The molecule has 0 atom stereocenters. The number of hydrogen-bond acceptors (Lipinski definition) is 3. The fraction of sp³-hybridized carbons (Fsp3) is 0.833. The fourth-order valence-electron chi connectivity index (χ4n) is 2.20. The van der Waals surface area contributed by atoms with E-state index >= 15 is 0 Å². The average Bonchev–Trinajstić information content (AvgIpc) is 2.57. The van der Waals surface area contributed by atoms with E-state index in [0.29, 0.717) is 5.84 Å². The third kappa shape index (κ3) is 2.74. The highest BCUT2D eigenvalue weighted by Gasteiger charge is 2.24. The second-order valence-corrected chi connectivity index (χ2v) is 4.84. The Balaban J connectivity index is 1.93. The molecule has 1 N–H and O–H groups in total. The number of aliphatic imine (C=N–C) groups is 1. The van der Waals surface area contributed by atoms with Crippen molar-refractivity contribution in [2.45, 2.75) is 32.6 Å². The molecule has 0 unspecified atom stereocenters. The SMILES string of the molecule is CC1CCN(C(=O)C2=NCCCCN2)CC1. The van der Waals surface area contributed by atoms with Gasteiger partial charge in [-0.15, -0.1) is 0 Å². The van der Waals surface area contributed by atoms with Crippen LogP contribution < -0.4 is 5.32 Å². The van der Waals surface area contributed by atoms with Crippen molar-refractivity contribution in [2.75, 3.05) is 26.2 Å². The van der Waals surface area contributed by atoms with Crippen LogP contribution >= 0.6 is 0 Å². The zero-order chi connectivity index (χ0) is 11.4. The maximum atomic E-state index is 12.1. The summed E-state index contributed by atoms with van der Waals surface area (Å²) in [6, 6.07) is 0. The first-order valence-electron chi connectivity index (χ1n) is 6.35. The van der Waals surface area contributed by atoms with Crippen LogP contribution in [0, 0.1) is 5.92 Å². The Morgan fingerprint density at radius 2 is 2.12 bits per heavy atom. The highest BCUT2D eigenvalue weighted by atomic mass is 16.2. The second kappa shape index (κ2) is 5.32. The van der Waals surface area contributed by atoms with E-state index in [0.717, 1.165) is 57.8 Å². The molecule has 2 rings (SSSR count). The number of amidine groups is 1. The van der Waals surface area contributed by atoms with Crippen molar-refractivity contribution in [1.82, 2.24) is 10.2 Å². The van der Waals surface area contributed by atoms with Crippen molar-refractivity contribution in [2.24, 2.45) is 10.9 Å². The lowest BCUT2D eigenvalue weighted by molar-refractivity contribution is -0.125. The number of carbonyl (C=O) groups excluding carboxylic acids is 1. The molecule has 0 bridgehead atoms. The van der Waals surface area contributed by atoms with E-state index in [-0.39, 0.29) is 5.91 Å². The van der Waals surface area contributed by atoms with Gasteiger partial charge in [-0.3, -0.25) is 9.79 Å². The van der Waals surface area contributed by atoms with Gasteiger partial charge in [-0.2, -0.15) is 0 Å². The summed E-state index contributed by atoms with van der Waals surface area (Å²) in [5.74, 6) is 1.45. The van der Waals surface area contributed by atoms with Crippen LogP contribution in [0.4, 0.5) is 0 Å². The van der Waals surface area contributed by atoms with Crippen molar-refractivity contribution < 1.29 is 4.79 Å². The molecule has 1 amide bonds. The molecular formula is C12H21N3O. The molecule has 1 saturated heterocycles. The van der Waals surface area contributed by atoms with E-state index in [4.69, 9.17) is 0 Å². The molecule has 2 aliphatic rings. The quantitative estimate of drug-likeness (QED) is 0.721. The van der Waals surface area contributed by atoms with Gasteiger partial charge < -0.3 is 10.2 Å². The normalized spacial score (nSPS) is 23.3. The van der Waals surface area contributed by atoms with Crippen LogP contribution in [-0.4, -0.2) is 42.8 Å². The molecule has 1 fully saturated rings. The first kappa shape index (κ1) is 11.4. The summed E-state index contributed by atoms with van der Waals surface area (Å²) in [5, 5.41) is 3.15. The molecule has 4 nitrogen and oxygen atoms in total. The number of rotatable bonds is 1. The van der Waals surface area contributed by atoms with Gasteiger partial charge in [-0.05, 0) is 31.6 Å². The molecule has 2 aliphatic heterocycles. The molecule has 0 spiro atoms. The van der Waals surface area contributed by atoms with Gasteiger partial charge >= 0.3 is 0 Å². The highest BCUT2D eigenvalue weighted by molar-refractivity contribution is 6.37. The molecule has 0 aliphatic carbocycles. The van der Waals surface area contributed by atoms with Gasteiger partial charge in [0.1, 0.15) is 0 Å². The summed E-state index contributed by atoms with van der Waals surface area (Å²) in [6.45, 7) is 5.71. The van der Waals surface area contributed by atoms with Gasteiger partial charge in [0.25, 0.3) is 5.91 Å². The first-order chi connectivity index (χ1) is 7.77. The van der Waals surface area contributed by atoms with E-state index in [2.05, 4.69) is 17.2 Å². The lowest BCUT2D eigenvalue weighted by Crippen LogP contribution is -2.46. The van der Waals surface area contributed by atoms with Gasteiger partial charge in [0.2, 0.25) is 0 Å². The minimum atomic E-state index is 0.105. The summed E-state index contributed by atoms with van der Waals surface area (Å²) in [7, 11) is 0. The lowest BCUT2D eigenvalue weighted by Gasteiger charge is -2.30. The van der Waals surface area contributed by atoms with Crippen molar-refractivity contribution >= 4 is 11.7 Å². The number of likely N-dealkylation sites (tertiary alicyclic amines) is 1. The smallest absolute Gasteiger partial charge is 0.288 e. The summed E-state index contributed by atoms with van der Waals surface area (Å²) in [6.07, 6.45) is 4.44. The van der Waals surface area contributed by atoms with Gasteiger partial charge in [0.05, 0.1) is 0 Å². The number of amides is 1. The lowest BCUT2D eigenvalue weighted by atomic mass is 9.99. The second-order valence-electron chi connectivity index (χ2n) is 4.84. The van der Waals surface area contributed by atoms with Crippen LogP contribution in [0.15, 0.2) is 4.99 Å². The molecule has 0 aromatic rings. The number of nitrogens with zero attached hydrogens (tertiary/aromatic N) is 2. The first-order valence-corrected chi connectivity index (χ1v) is 6.35. The molecule has 0 aromatic heterocycles. The zero-order valence-electron chi connectivity index (χ0n) is 10.0. The van der Waals surface area contributed by atoms with E-state index in [1.54, 1.807) is 0 Å². The maximum absolute atomic E-state index is 12.1. The Hall–Kier alpha value is -1.06. The molecule has 90 valence electrons. The van der Waals surface area contributed by atoms with Crippen LogP contribution in [0.5, 0.6) is 0 Å². The van der Waals surface area contributed by atoms with Crippen molar-refractivity contribution in [3.63, 3.8) is 0 Å². The maximum Gasteiger partial charge on any atom is 0.288 e. The largest absolute Gasteiger partial charge is 0.366 e. The van der Waals surface area contributed by atoms with Crippen LogP contribution in [0.2, 0.25) is 0 Å². The van der Waals surface area contributed by atoms with Crippen molar-refractivity contribution in [3.05, 3.63) is 0 Å². The molecule has 4 heteroatoms. The Kier molecular flexibility index (Phi) is 3.80. The number of nitrogens with one attached hydrogen (secondary N) is 1. The molecule has 16 heavy (non-hydrogen) atoms. The van der Waals surface area contributed by atoms with Gasteiger partial charge in [-0.1, -0.05) is 6.92 Å². The van der Waals surface area contributed by atoms with Crippen LogP contribution in [0.25, 0.3) is 0 Å².